The highest BCUT2D eigenvalue weighted by atomic mass is 16.5. The molecule has 0 fully saturated rings. The minimum atomic E-state index is -0.211. The highest BCUT2D eigenvalue weighted by molar-refractivity contribution is 5.69. The van der Waals surface area contributed by atoms with Gasteiger partial charge in [0.25, 0.3) is 0 Å². The van der Waals surface area contributed by atoms with E-state index in [1.807, 2.05) is 48.7 Å². The van der Waals surface area contributed by atoms with Crippen molar-refractivity contribution in [3.05, 3.63) is 89.4 Å². The van der Waals surface area contributed by atoms with Crippen molar-refractivity contribution in [2.24, 2.45) is 0 Å². The van der Waals surface area contributed by atoms with Crippen LogP contribution in [0, 0.1) is 11.3 Å². The zero-order chi connectivity index (χ0) is 20.1. The number of ether oxygens (including phenoxy) is 1. The summed E-state index contributed by atoms with van der Waals surface area (Å²) in [6, 6.07) is 15.0. The molecule has 2 aromatic heterocycles. The van der Waals surface area contributed by atoms with Crippen molar-refractivity contribution in [1.82, 2.24) is 15.5 Å². The molecule has 3 N–H and O–H groups in total. The fraction of sp³-hybridized carbons (Fsp3) is 0.136. The van der Waals surface area contributed by atoms with Gasteiger partial charge in [0, 0.05) is 24.9 Å². The minimum absolute atomic E-state index is 0.211. The number of benzene rings is 1. The van der Waals surface area contributed by atoms with Crippen molar-refractivity contribution >= 4 is 5.82 Å². The summed E-state index contributed by atoms with van der Waals surface area (Å²) < 4.78 is 11.2. The average Bonchev–Trinajstić information content (AvgIpc) is 3.22. The molecule has 144 valence electrons. The summed E-state index contributed by atoms with van der Waals surface area (Å²) in [5.74, 6) is 1.01. The Labute approximate surface area is 168 Å². The predicted molar refractivity (Wildman–Crippen MR) is 108 cm³/mol. The van der Waals surface area contributed by atoms with Crippen LogP contribution in [-0.4, -0.2) is 16.4 Å². The lowest BCUT2D eigenvalue weighted by Crippen LogP contribution is -2.28. The Balaban J connectivity index is 1.31. The molecule has 3 heterocycles. The summed E-state index contributed by atoms with van der Waals surface area (Å²) in [6.07, 6.45) is 7.93. The van der Waals surface area contributed by atoms with Crippen LogP contribution in [0.1, 0.15) is 16.8 Å². The topological polar surface area (TPSA) is 110 Å². The molecule has 7 nitrogen and oxygen atoms in total. The Morgan fingerprint density at radius 3 is 2.83 bits per heavy atom. The first-order chi connectivity index (χ1) is 14.2. The molecule has 0 saturated heterocycles. The number of anilines is 1. The van der Waals surface area contributed by atoms with Gasteiger partial charge in [-0.15, -0.1) is 0 Å². The van der Waals surface area contributed by atoms with Crippen LogP contribution in [0.2, 0.25) is 0 Å². The highest BCUT2D eigenvalue weighted by Crippen LogP contribution is 2.25. The zero-order valence-corrected chi connectivity index (χ0v) is 15.6. The lowest BCUT2D eigenvalue weighted by atomic mass is 10.1. The van der Waals surface area contributed by atoms with Gasteiger partial charge in [-0.2, -0.15) is 5.26 Å². The first-order valence-corrected chi connectivity index (χ1v) is 9.11. The molecule has 0 bridgehead atoms. The zero-order valence-electron chi connectivity index (χ0n) is 15.6. The molecule has 1 aliphatic heterocycles. The van der Waals surface area contributed by atoms with Crippen LogP contribution in [0.3, 0.4) is 0 Å². The maximum Gasteiger partial charge on any atom is 0.170 e. The van der Waals surface area contributed by atoms with Gasteiger partial charge in [-0.3, -0.25) is 0 Å². The van der Waals surface area contributed by atoms with E-state index in [1.165, 1.54) is 0 Å². The van der Waals surface area contributed by atoms with Gasteiger partial charge in [-0.25, -0.2) is 4.98 Å². The number of aromatic nitrogens is 2. The van der Waals surface area contributed by atoms with Crippen LogP contribution < -0.4 is 11.1 Å². The summed E-state index contributed by atoms with van der Waals surface area (Å²) in [5.41, 5.74) is 10.1. The van der Waals surface area contributed by atoms with Crippen LogP contribution in [0.5, 0.6) is 0 Å². The monoisotopic (exact) mass is 385 g/mol. The van der Waals surface area contributed by atoms with Gasteiger partial charge in [-0.1, -0.05) is 23.4 Å². The molecule has 0 amide bonds. The van der Waals surface area contributed by atoms with Gasteiger partial charge < -0.3 is 20.3 Å². The number of nitriles is 1. The third-order valence-electron chi connectivity index (χ3n) is 4.48. The Morgan fingerprint density at radius 2 is 2.10 bits per heavy atom. The van der Waals surface area contributed by atoms with E-state index in [1.54, 1.807) is 18.3 Å². The molecule has 0 spiro atoms. The number of nitrogens with two attached hydrogens (primary N) is 1. The molecule has 0 saturated carbocycles. The quantitative estimate of drug-likeness (QED) is 0.670. The van der Waals surface area contributed by atoms with Crippen LogP contribution in [0.4, 0.5) is 5.82 Å². The summed E-state index contributed by atoms with van der Waals surface area (Å²) in [7, 11) is 0. The number of dihydropyridines is 1. The van der Waals surface area contributed by atoms with Crippen molar-refractivity contribution in [2.75, 3.05) is 5.73 Å². The van der Waals surface area contributed by atoms with Crippen LogP contribution in [0.25, 0.3) is 11.3 Å². The van der Waals surface area contributed by atoms with Gasteiger partial charge in [0.1, 0.15) is 12.0 Å². The molecule has 1 aliphatic rings. The molecule has 1 unspecified atom stereocenters. The van der Waals surface area contributed by atoms with E-state index in [0.717, 1.165) is 22.4 Å². The second-order valence-corrected chi connectivity index (χ2v) is 6.58. The number of hydrogen-bond donors (Lipinski definition) is 2. The van der Waals surface area contributed by atoms with E-state index < -0.39 is 0 Å². The van der Waals surface area contributed by atoms with Crippen LogP contribution in [0.15, 0.2) is 77.1 Å². The number of allylic oxidation sites excluding steroid dienone is 2. The lowest BCUT2D eigenvalue weighted by Gasteiger charge is -2.19. The van der Waals surface area contributed by atoms with E-state index in [9.17, 15) is 0 Å². The van der Waals surface area contributed by atoms with Crippen molar-refractivity contribution in [2.45, 2.75) is 19.3 Å². The van der Waals surface area contributed by atoms with Gasteiger partial charge in [0.15, 0.2) is 5.76 Å². The van der Waals surface area contributed by atoms with Crippen molar-refractivity contribution < 1.29 is 9.26 Å². The van der Waals surface area contributed by atoms with E-state index in [2.05, 4.69) is 21.5 Å². The summed E-state index contributed by atoms with van der Waals surface area (Å²) >= 11 is 0. The molecule has 7 heteroatoms. The largest absolute Gasteiger partial charge is 0.383 e. The van der Waals surface area contributed by atoms with Crippen LogP contribution in [-0.2, 0) is 17.8 Å². The number of pyridine rings is 1. The first-order valence-electron chi connectivity index (χ1n) is 9.11. The van der Waals surface area contributed by atoms with Crippen LogP contribution >= 0.6 is 0 Å². The Bertz CT molecular complexity index is 1090. The second-order valence-electron chi connectivity index (χ2n) is 6.58. The third kappa shape index (κ3) is 4.51. The highest BCUT2D eigenvalue weighted by Gasteiger charge is 2.13. The molecule has 1 atom stereocenters. The number of nitrogen functional groups attached to an aromatic ring is 1. The Kier molecular flexibility index (Phi) is 5.36. The molecular weight excluding hydrogens is 366 g/mol. The molecule has 29 heavy (non-hydrogen) atoms. The minimum Gasteiger partial charge on any atom is -0.383 e. The van der Waals surface area contributed by atoms with Gasteiger partial charge in [-0.05, 0) is 41.5 Å². The summed E-state index contributed by atoms with van der Waals surface area (Å²) in [4.78, 5) is 4.07. The van der Waals surface area contributed by atoms with Gasteiger partial charge >= 0.3 is 0 Å². The summed E-state index contributed by atoms with van der Waals surface area (Å²) in [5, 5.41) is 16.2. The maximum absolute atomic E-state index is 8.84. The molecule has 0 aliphatic carbocycles. The number of nitrogens with zero attached hydrogens (tertiary/aromatic N) is 3. The number of hydrogen-bond acceptors (Lipinski definition) is 7. The average molecular weight is 385 g/mol. The Hall–Kier alpha value is -3.89. The Morgan fingerprint density at radius 1 is 1.24 bits per heavy atom. The van der Waals surface area contributed by atoms with E-state index in [-0.39, 0.29) is 6.23 Å². The molecule has 0 radical (unpaired) electrons. The molecule has 3 aromatic rings. The number of rotatable bonds is 6. The third-order valence-corrected chi connectivity index (χ3v) is 4.48. The molecular formula is C22H19N5O2. The van der Waals surface area contributed by atoms with Gasteiger partial charge in [0.05, 0.1) is 29.5 Å². The van der Waals surface area contributed by atoms with Gasteiger partial charge in [0.2, 0.25) is 0 Å². The SMILES string of the molecule is N#Cc1ccc(COC2C=CC(Cc3cc(-c4cccnc4N)on3)=CN2)cc1. The maximum atomic E-state index is 8.84. The first kappa shape index (κ1) is 18.5. The van der Waals surface area contributed by atoms with E-state index in [0.29, 0.717) is 30.2 Å². The molecule has 4 rings (SSSR count). The fourth-order valence-corrected chi connectivity index (χ4v) is 2.94. The van der Waals surface area contributed by atoms with E-state index in [4.69, 9.17) is 20.3 Å². The standard InChI is InChI=1S/C22H19N5O2/c23-12-15-3-5-16(6-4-15)14-28-21-8-7-17(13-26-21)10-18-11-20(29-27-18)19-2-1-9-25-22(19)24/h1-9,11,13,21,26H,10,14H2,(H2,24,25). The van der Waals surface area contributed by atoms with Crippen molar-refractivity contribution in [1.29, 1.82) is 5.26 Å². The number of nitrogens with one attached hydrogen (secondary N) is 1. The lowest BCUT2D eigenvalue weighted by molar-refractivity contribution is 0.0578. The normalized spacial score (nSPS) is 15.4. The second kappa shape index (κ2) is 8.42. The summed E-state index contributed by atoms with van der Waals surface area (Å²) in [6.45, 7) is 0.454. The van der Waals surface area contributed by atoms with E-state index >= 15 is 0 Å². The van der Waals surface area contributed by atoms with Crippen molar-refractivity contribution in [3.63, 3.8) is 0 Å². The smallest absolute Gasteiger partial charge is 0.170 e. The molecule has 1 aromatic carbocycles. The fourth-order valence-electron chi connectivity index (χ4n) is 2.94. The van der Waals surface area contributed by atoms with Crippen molar-refractivity contribution in [3.8, 4) is 17.4 Å². The predicted octanol–water partition coefficient (Wildman–Crippen LogP) is 3.32.